The van der Waals surface area contributed by atoms with Crippen molar-refractivity contribution in [2.24, 2.45) is 4.99 Å². The normalized spacial score (nSPS) is 17.1. The molecule has 1 aromatic carbocycles. The molecule has 1 fully saturated rings. The Bertz CT molecular complexity index is 766. The second-order valence-electron chi connectivity index (χ2n) is 6.66. The van der Waals surface area contributed by atoms with E-state index in [4.69, 9.17) is 5.11 Å². The molecule has 0 aromatic heterocycles. The van der Waals surface area contributed by atoms with Gasteiger partial charge in [-0.15, -0.1) is 0 Å². The third-order valence-corrected chi connectivity index (χ3v) is 4.19. The van der Waals surface area contributed by atoms with Crippen LogP contribution >= 0.6 is 0 Å². The van der Waals surface area contributed by atoms with Crippen molar-refractivity contribution < 1.29 is 36.2 Å². The van der Waals surface area contributed by atoms with Gasteiger partial charge >= 0.3 is 12.4 Å². The summed E-state index contributed by atoms with van der Waals surface area (Å²) in [6, 6.07) is 0.334. The molecule has 5 nitrogen and oxygen atoms in total. The first-order valence-electron chi connectivity index (χ1n) is 8.47. The highest BCUT2D eigenvalue weighted by Crippen LogP contribution is 2.37. The molecule has 1 unspecified atom stereocenters. The van der Waals surface area contributed by atoms with E-state index in [0.717, 1.165) is 0 Å². The van der Waals surface area contributed by atoms with Gasteiger partial charge in [-0.3, -0.25) is 9.79 Å². The summed E-state index contributed by atoms with van der Waals surface area (Å²) >= 11 is 0. The van der Waals surface area contributed by atoms with Gasteiger partial charge in [0.05, 0.1) is 29.6 Å². The van der Waals surface area contributed by atoms with Gasteiger partial charge in [0.2, 0.25) is 5.91 Å². The Kier molecular flexibility index (Phi) is 6.61. The second-order valence-corrected chi connectivity index (χ2v) is 6.66. The first-order chi connectivity index (χ1) is 13.3. The van der Waals surface area contributed by atoms with Crippen LogP contribution in [0.4, 0.5) is 26.3 Å². The van der Waals surface area contributed by atoms with Gasteiger partial charge in [0.1, 0.15) is 0 Å². The van der Waals surface area contributed by atoms with E-state index in [1.807, 2.05) is 0 Å². The first-order valence-corrected chi connectivity index (χ1v) is 8.47. The molecule has 0 spiro atoms. The molecule has 29 heavy (non-hydrogen) atoms. The number of aliphatic hydroxyl groups excluding tert-OH is 1. The first kappa shape index (κ1) is 22.7. The molecule has 1 aliphatic heterocycles. The third kappa shape index (κ3) is 6.21. The fourth-order valence-electron chi connectivity index (χ4n) is 2.47. The number of amides is 1. The number of rotatable bonds is 5. The maximum absolute atomic E-state index is 12.9. The summed E-state index contributed by atoms with van der Waals surface area (Å²) in [7, 11) is 1.50. The number of carbonyl (C=O) groups is 1. The number of carbonyl (C=O) groups excluding carboxylic acids is 1. The van der Waals surface area contributed by atoms with Crippen LogP contribution in [0, 0.1) is 0 Å². The lowest BCUT2D eigenvalue weighted by atomic mass is 10.0. The number of aliphatic hydroxyl groups is 1. The second kappa shape index (κ2) is 8.44. The molecule has 1 aliphatic rings. The molecule has 1 atom stereocenters. The molecular weight excluding hydrogens is 404 g/mol. The van der Waals surface area contributed by atoms with Gasteiger partial charge in [0.15, 0.2) is 0 Å². The molecule has 1 N–H and O–H groups in total. The standard InChI is InChI=1S/C18H19F6N3O2/c1-11(25-10-26(2)4-3-16(29)27-8-15(28)9-27)12-5-13(17(19,20)21)7-14(6-12)18(22,23)24/h3-7,10-11,15,28H,8-9H2,1-2H3/b4-3-,25-10?. The Balaban J connectivity index is 2.12. The van der Waals surface area contributed by atoms with Crippen LogP contribution in [0.25, 0.3) is 0 Å². The minimum absolute atomic E-state index is 0.0626. The molecule has 0 bridgehead atoms. The van der Waals surface area contributed by atoms with Crippen molar-refractivity contribution in [3.8, 4) is 0 Å². The topological polar surface area (TPSA) is 56.1 Å². The van der Waals surface area contributed by atoms with E-state index in [2.05, 4.69) is 4.99 Å². The van der Waals surface area contributed by atoms with Crippen molar-refractivity contribution >= 4 is 12.2 Å². The number of likely N-dealkylation sites (tertiary alicyclic amines) is 1. The van der Waals surface area contributed by atoms with Crippen LogP contribution in [0.3, 0.4) is 0 Å². The van der Waals surface area contributed by atoms with E-state index in [0.29, 0.717) is 12.1 Å². The number of β-amino-alcohol motifs (C(OH)–C–C–N with tert-alkyl or cyclic N) is 1. The van der Waals surface area contributed by atoms with Crippen molar-refractivity contribution in [3.05, 3.63) is 47.2 Å². The van der Waals surface area contributed by atoms with Gasteiger partial charge in [-0.1, -0.05) is 0 Å². The summed E-state index contributed by atoms with van der Waals surface area (Å²) < 4.78 is 77.6. The zero-order chi connectivity index (χ0) is 22.0. The van der Waals surface area contributed by atoms with E-state index in [9.17, 15) is 31.1 Å². The van der Waals surface area contributed by atoms with E-state index in [1.54, 1.807) is 0 Å². The molecule has 0 saturated carbocycles. The van der Waals surface area contributed by atoms with E-state index >= 15 is 0 Å². The number of alkyl halides is 6. The van der Waals surface area contributed by atoms with Gasteiger partial charge < -0.3 is 14.9 Å². The van der Waals surface area contributed by atoms with Crippen LogP contribution in [0.1, 0.15) is 29.7 Å². The largest absolute Gasteiger partial charge is 0.416 e. The fourth-order valence-corrected chi connectivity index (χ4v) is 2.47. The molecule has 1 amide bonds. The predicted octanol–water partition coefficient (Wildman–Crippen LogP) is 3.46. The molecule has 11 heteroatoms. The highest BCUT2D eigenvalue weighted by atomic mass is 19.4. The maximum atomic E-state index is 12.9. The zero-order valence-corrected chi connectivity index (χ0v) is 15.5. The SMILES string of the molecule is CC(N=CN(C)/C=C\C(=O)N1CC(O)C1)c1cc(C(F)(F)F)cc(C(F)(F)F)c1. The van der Waals surface area contributed by atoms with Gasteiger partial charge in [0.25, 0.3) is 0 Å². The number of hydrogen-bond donors (Lipinski definition) is 1. The van der Waals surface area contributed by atoms with Crippen LogP contribution in [-0.4, -0.2) is 53.4 Å². The maximum Gasteiger partial charge on any atom is 0.416 e. The Morgan fingerprint density at radius 3 is 2.14 bits per heavy atom. The minimum Gasteiger partial charge on any atom is -0.389 e. The van der Waals surface area contributed by atoms with Gasteiger partial charge in [0, 0.05) is 32.4 Å². The lowest BCUT2D eigenvalue weighted by Crippen LogP contribution is -2.53. The molecule has 1 heterocycles. The smallest absolute Gasteiger partial charge is 0.389 e. The fraction of sp³-hybridized carbons (Fsp3) is 0.444. The highest BCUT2D eigenvalue weighted by molar-refractivity contribution is 5.88. The number of hydrogen-bond acceptors (Lipinski definition) is 3. The van der Waals surface area contributed by atoms with E-state index < -0.39 is 35.6 Å². The zero-order valence-electron chi connectivity index (χ0n) is 15.5. The molecule has 1 aromatic rings. The van der Waals surface area contributed by atoms with E-state index in [-0.39, 0.29) is 30.6 Å². The average molecular weight is 423 g/mol. The van der Waals surface area contributed by atoms with Gasteiger partial charge in [-0.25, -0.2) is 0 Å². The lowest BCUT2D eigenvalue weighted by Gasteiger charge is -2.35. The quantitative estimate of drug-likeness (QED) is 0.342. The molecule has 0 radical (unpaired) electrons. The summed E-state index contributed by atoms with van der Waals surface area (Å²) in [6.07, 6.45) is -6.65. The van der Waals surface area contributed by atoms with Crippen molar-refractivity contribution in [2.45, 2.75) is 31.4 Å². The van der Waals surface area contributed by atoms with Crippen LogP contribution in [0.2, 0.25) is 0 Å². The predicted molar refractivity (Wildman–Crippen MR) is 92.8 cm³/mol. The Hall–Kier alpha value is -2.56. The minimum atomic E-state index is -4.93. The van der Waals surface area contributed by atoms with Gasteiger partial charge in [-0.2, -0.15) is 26.3 Å². The summed E-state index contributed by atoms with van der Waals surface area (Å²) in [6.45, 7) is 1.82. The van der Waals surface area contributed by atoms with Crippen molar-refractivity contribution in [1.82, 2.24) is 9.80 Å². The number of halogens is 6. The molecule has 2 rings (SSSR count). The molecular formula is C18H19F6N3O2. The Labute approximate surface area is 162 Å². The van der Waals surface area contributed by atoms with Crippen LogP contribution in [0.5, 0.6) is 0 Å². The van der Waals surface area contributed by atoms with Crippen molar-refractivity contribution in [2.75, 3.05) is 20.1 Å². The number of nitrogens with zero attached hydrogens (tertiary/aromatic N) is 3. The Morgan fingerprint density at radius 2 is 1.69 bits per heavy atom. The molecule has 1 saturated heterocycles. The van der Waals surface area contributed by atoms with Crippen LogP contribution in [-0.2, 0) is 17.1 Å². The monoisotopic (exact) mass is 423 g/mol. The molecule has 0 aliphatic carbocycles. The lowest BCUT2D eigenvalue weighted by molar-refractivity contribution is -0.143. The summed E-state index contributed by atoms with van der Waals surface area (Å²) in [5.74, 6) is -0.337. The van der Waals surface area contributed by atoms with Crippen LogP contribution < -0.4 is 0 Å². The summed E-state index contributed by atoms with van der Waals surface area (Å²) in [5, 5.41) is 9.15. The average Bonchev–Trinajstić information content (AvgIpc) is 2.59. The van der Waals surface area contributed by atoms with Crippen molar-refractivity contribution in [3.63, 3.8) is 0 Å². The molecule has 160 valence electrons. The summed E-state index contributed by atoms with van der Waals surface area (Å²) in [4.78, 5) is 18.4. The third-order valence-electron chi connectivity index (χ3n) is 4.19. The van der Waals surface area contributed by atoms with Crippen LogP contribution in [0.15, 0.2) is 35.5 Å². The highest BCUT2D eigenvalue weighted by Gasteiger charge is 2.37. The number of aliphatic imine (C=N–C) groups is 1. The Morgan fingerprint density at radius 1 is 1.17 bits per heavy atom. The van der Waals surface area contributed by atoms with E-state index in [1.165, 1.54) is 42.4 Å². The number of benzene rings is 1. The summed E-state index contributed by atoms with van der Waals surface area (Å²) in [5.41, 5.74) is -3.05. The van der Waals surface area contributed by atoms with Gasteiger partial charge in [-0.05, 0) is 30.7 Å². The van der Waals surface area contributed by atoms with Crippen molar-refractivity contribution in [1.29, 1.82) is 0 Å².